The minimum Gasteiger partial charge on any atom is -0.497 e. The van der Waals surface area contributed by atoms with Gasteiger partial charge in [0, 0.05) is 22.7 Å². The molecule has 7 heteroatoms. The van der Waals surface area contributed by atoms with Crippen molar-refractivity contribution in [1.29, 1.82) is 0 Å². The van der Waals surface area contributed by atoms with E-state index in [0.29, 0.717) is 21.4 Å². The van der Waals surface area contributed by atoms with Crippen LogP contribution in [-0.2, 0) is 7.05 Å². The second-order valence-corrected chi connectivity index (χ2v) is 6.63. The minimum atomic E-state index is -0.423. The summed E-state index contributed by atoms with van der Waals surface area (Å²) in [5.41, 5.74) is 0.468. The number of rotatable bonds is 3. The molecule has 0 aliphatic rings. The molecule has 3 rings (SSSR count). The van der Waals surface area contributed by atoms with E-state index in [-0.39, 0.29) is 16.3 Å². The lowest BCUT2D eigenvalue weighted by Crippen LogP contribution is -2.52. The zero-order valence-electron chi connectivity index (χ0n) is 14.6. The fraction of sp³-hybridized carbons (Fsp3) is 0.100. The molecule has 0 atom stereocenters. The van der Waals surface area contributed by atoms with Gasteiger partial charge in [0.05, 0.1) is 7.11 Å². The number of H-pyrrole nitrogens is 1. The molecule has 27 heavy (non-hydrogen) atoms. The minimum absolute atomic E-state index is 0.155. The van der Waals surface area contributed by atoms with E-state index in [4.69, 9.17) is 27.9 Å². The SMILES string of the molecule is COc1ccc(/C=c2\[nH]c(=O)/c(=C/c3c(Cl)cccc3Cl)n(C)c2=O)cc1. The second kappa shape index (κ2) is 7.86. The largest absolute Gasteiger partial charge is 0.497 e. The van der Waals surface area contributed by atoms with Crippen molar-refractivity contribution in [2.45, 2.75) is 0 Å². The van der Waals surface area contributed by atoms with E-state index in [1.165, 1.54) is 17.7 Å². The first-order chi connectivity index (χ1) is 12.9. The molecule has 3 aromatic rings. The van der Waals surface area contributed by atoms with Gasteiger partial charge in [-0.3, -0.25) is 9.59 Å². The van der Waals surface area contributed by atoms with Crippen molar-refractivity contribution in [3.8, 4) is 5.75 Å². The number of nitrogens with zero attached hydrogens (tertiary/aromatic N) is 1. The molecule has 0 radical (unpaired) electrons. The molecule has 0 bridgehead atoms. The van der Waals surface area contributed by atoms with Crippen LogP contribution in [0.5, 0.6) is 5.75 Å². The van der Waals surface area contributed by atoms with Gasteiger partial charge >= 0.3 is 0 Å². The summed E-state index contributed by atoms with van der Waals surface area (Å²) in [4.78, 5) is 27.9. The Morgan fingerprint density at radius 3 is 2.22 bits per heavy atom. The van der Waals surface area contributed by atoms with Crippen molar-refractivity contribution in [2.24, 2.45) is 7.05 Å². The van der Waals surface area contributed by atoms with E-state index >= 15 is 0 Å². The van der Waals surface area contributed by atoms with Gasteiger partial charge in [-0.15, -0.1) is 0 Å². The van der Waals surface area contributed by atoms with E-state index in [2.05, 4.69) is 4.98 Å². The van der Waals surface area contributed by atoms with Gasteiger partial charge in [0.25, 0.3) is 11.1 Å². The Labute approximate surface area is 164 Å². The molecule has 0 spiro atoms. The zero-order chi connectivity index (χ0) is 19.6. The van der Waals surface area contributed by atoms with Crippen molar-refractivity contribution in [2.75, 3.05) is 7.11 Å². The summed E-state index contributed by atoms with van der Waals surface area (Å²) >= 11 is 12.3. The highest BCUT2D eigenvalue weighted by molar-refractivity contribution is 6.37. The zero-order valence-corrected chi connectivity index (χ0v) is 16.1. The monoisotopic (exact) mass is 402 g/mol. The van der Waals surface area contributed by atoms with Gasteiger partial charge in [-0.1, -0.05) is 41.4 Å². The number of nitrogens with one attached hydrogen (secondary N) is 1. The molecule has 0 saturated heterocycles. The van der Waals surface area contributed by atoms with E-state index < -0.39 is 5.56 Å². The average molecular weight is 403 g/mol. The molecule has 1 aromatic heterocycles. The lowest BCUT2D eigenvalue weighted by molar-refractivity contribution is 0.415. The van der Waals surface area contributed by atoms with Crippen molar-refractivity contribution in [1.82, 2.24) is 9.55 Å². The average Bonchev–Trinajstić information content (AvgIpc) is 2.65. The van der Waals surface area contributed by atoms with Crippen molar-refractivity contribution in [3.63, 3.8) is 0 Å². The van der Waals surface area contributed by atoms with Gasteiger partial charge in [-0.05, 0) is 42.0 Å². The molecule has 0 amide bonds. The number of halogens is 2. The predicted octanol–water partition coefficient (Wildman–Crippen LogP) is 2.05. The summed E-state index contributed by atoms with van der Waals surface area (Å²) < 4.78 is 6.38. The molecular formula is C20H16Cl2N2O3. The predicted molar refractivity (Wildman–Crippen MR) is 108 cm³/mol. The van der Waals surface area contributed by atoms with Crippen molar-refractivity contribution < 1.29 is 4.74 Å². The first-order valence-corrected chi connectivity index (χ1v) is 8.77. The Balaban J connectivity index is 2.20. The number of hydrogen-bond donors (Lipinski definition) is 1. The highest BCUT2D eigenvalue weighted by Crippen LogP contribution is 2.24. The highest BCUT2D eigenvalue weighted by Gasteiger charge is 2.06. The molecule has 1 N–H and O–H groups in total. The summed E-state index contributed by atoms with van der Waals surface area (Å²) in [5.74, 6) is 0.704. The molecule has 138 valence electrons. The number of ether oxygens (including phenoxy) is 1. The Morgan fingerprint density at radius 2 is 1.63 bits per heavy atom. The number of methoxy groups -OCH3 is 1. The molecule has 2 aromatic carbocycles. The van der Waals surface area contributed by atoms with Crippen LogP contribution in [-0.4, -0.2) is 16.7 Å². The van der Waals surface area contributed by atoms with Crippen LogP contribution < -0.4 is 26.6 Å². The maximum absolute atomic E-state index is 12.7. The third kappa shape index (κ3) is 3.99. The van der Waals surface area contributed by atoms with Gasteiger partial charge in [-0.25, -0.2) is 0 Å². The lowest BCUT2D eigenvalue weighted by Gasteiger charge is -2.03. The van der Waals surface area contributed by atoms with Crippen molar-refractivity contribution >= 4 is 35.4 Å². The van der Waals surface area contributed by atoms with Gasteiger partial charge in [0.15, 0.2) is 0 Å². The first-order valence-electron chi connectivity index (χ1n) is 8.01. The molecule has 5 nitrogen and oxygen atoms in total. The van der Waals surface area contributed by atoms with E-state index in [0.717, 1.165) is 5.56 Å². The lowest BCUT2D eigenvalue weighted by atomic mass is 10.2. The van der Waals surface area contributed by atoms with Gasteiger partial charge in [-0.2, -0.15) is 0 Å². The van der Waals surface area contributed by atoms with Crippen LogP contribution in [0.25, 0.3) is 12.2 Å². The van der Waals surface area contributed by atoms with E-state index in [1.54, 1.807) is 55.7 Å². The topological polar surface area (TPSA) is 64.1 Å². The Bertz CT molecular complexity index is 1210. The van der Waals surface area contributed by atoms with Crippen LogP contribution in [0.2, 0.25) is 10.0 Å². The standard InChI is InChI=1S/C20H16Cl2N2O3/c1-24-18(11-14-15(21)4-3-5-16(14)22)19(25)23-17(20(24)26)10-12-6-8-13(27-2)9-7-12/h3-11H,1-2H3,(H,23,25)/b17-10-,18-11-. The molecule has 0 aliphatic heterocycles. The van der Waals surface area contributed by atoms with Crippen LogP contribution in [0.15, 0.2) is 52.1 Å². The smallest absolute Gasteiger partial charge is 0.274 e. The quantitative estimate of drug-likeness (QED) is 0.728. The Kier molecular flexibility index (Phi) is 5.54. The van der Waals surface area contributed by atoms with Crippen LogP contribution in [0.1, 0.15) is 11.1 Å². The third-order valence-corrected chi connectivity index (χ3v) is 4.74. The number of aromatic amines is 1. The number of aromatic nitrogens is 2. The second-order valence-electron chi connectivity index (χ2n) is 5.81. The van der Waals surface area contributed by atoms with Crippen LogP contribution in [0, 0.1) is 0 Å². The molecular weight excluding hydrogens is 387 g/mol. The summed E-state index contributed by atoms with van der Waals surface area (Å²) in [6.07, 6.45) is 3.11. The fourth-order valence-corrected chi connectivity index (χ4v) is 3.10. The maximum Gasteiger partial charge on any atom is 0.274 e. The van der Waals surface area contributed by atoms with Crippen LogP contribution in [0.3, 0.4) is 0 Å². The Hall–Kier alpha value is -2.76. The fourth-order valence-electron chi connectivity index (χ4n) is 2.59. The molecule has 0 aliphatic carbocycles. The summed E-state index contributed by atoms with van der Waals surface area (Å²) in [7, 11) is 3.10. The van der Waals surface area contributed by atoms with Crippen LogP contribution in [0.4, 0.5) is 0 Å². The molecule has 0 saturated carbocycles. The number of benzene rings is 2. The van der Waals surface area contributed by atoms with Crippen molar-refractivity contribution in [3.05, 3.63) is 95.0 Å². The normalized spacial score (nSPS) is 12.4. The first kappa shape index (κ1) is 19.0. The maximum atomic E-state index is 12.7. The molecule has 0 fully saturated rings. The molecule has 1 heterocycles. The molecule has 0 unspecified atom stereocenters. The van der Waals surface area contributed by atoms with Gasteiger partial charge < -0.3 is 14.3 Å². The number of hydrogen-bond acceptors (Lipinski definition) is 3. The van der Waals surface area contributed by atoms with E-state index in [1.807, 2.05) is 0 Å². The van der Waals surface area contributed by atoms with Gasteiger partial charge in [0.1, 0.15) is 16.4 Å². The van der Waals surface area contributed by atoms with E-state index in [9.17, 15) is 9.59 Å². The summed E-state index contributed by atoms with van der Waals surface area (Å²) in [5, 5.41) is 1.11. The van der Waals surface area contributed by atoms with Gasteiger partial charge in [0.2, 0.25) is 0 Å². The third-order valence-electron chi connectivity index (χ3n) is 4.08. The Morgan fingerprint density at radius 1 is 1.00 bits per heavy atom. The van der Waals surface area contributed by atoms with Crippen LogP contribution >= 0.6 is 23.2 Å². The summed E-state index contributed by atoms with van der Waals surface area (Å²) in [6, 6.07) is 12.2. The summed E-state index contributed by atoms with van der Waals surface area (Å²) in [6.45, 7) is 0. The highest BCUT2D eigenvalue weighted by atomic mass is 35.5.